The lowest BCUT2D eigenvalue weighted by atomic mass is 10.2. The number of amides is 2. The van der Waals surface area contributed by atoms with Crippen LogP contribution in [0, 0.1) is 0 Å². The highest BCUT2D eigenvalue weighted by atomic mass is 16.2. The molecule has 2 heterocycles. The number of aromatic amines is 1. The van der Waals surface area contributed by atoms with Crippen LogP contribution in [0.2, 0.25) is 0 Å². The number of H-pyrrole nitrogens is 1. The summed E-state index contributed by atoms with van der Waals surface area (Å²) >= 11 is 0. The molecule has 3 aromatic rings. The molecule has 0 spiro atoms. The minimum Gasteiger partial charge on any atom is -0.324 e. The van der Waals surface area contributed by atoms with Gasteiger partial charge in [-0.2, -0.15) is 15.0 Å². The molecule has 112 valence electrons. The van der Waals surface area contributed by atoms with Crippen LogP contribution in [0.15, 0.2) is 30.6 Å². The normalized spacial score (nSPS) is 10.6. The smallest absolute Gasteiger partial charge is 0.247 e. The molecule has 2 aromatic heterocycles. The number of benzene rings is 1. The van der Waals surface area contributed by atoms with Gasteiger partial charge in [0.25, 0.3) is 0 Å². The fourth-order valence-corrected chi connectivity index (χ4v) is 1.96. The molecule has 22 heavy (non-hydrogen) atoms. The van der Waals surface area contributed by atoms with Crippen molar-refractivity contribution in [3.8, 4) is 0 Å². The Labute approximate surface area is 124 Å². The van der Waals surface area contributed by atoms with Crippen molar-refractivity contribution >= 4 is 34.2 Å². The first-order chi connectivity index (χ1) is 10.6. The summed E-state index contributed by atoms with van der Waals surface area (Å²) in [6.45, 7) is 1.32. The molecule has 1 aromatic carbocycles. The van der Waals surface area contributed by atoms with Crippen molar-refractivity contribution in [3.05, 3.63) is 30.6 Å². The van der Waals surface area contributed by atoms with Crippen LogP contribution >= 0.6 is 0 Å². The maximum absolute atomic E-state index is 12.0. The van der Waals surface area contributed by atoms with Gasteiger partial charge < -0.3 is 10.6 Å². The molecule has 2 amide bonds. The van der Waals surface area contributed by atoms with E-state index in [2.05, 4.69) is 31.0 Å². The number of hydrogen-bond acceptors (Lipinski definition) is 5. The van der Waals surface area contributed by atoms with Crippen molar-refractivity contribution in [3.63, 3.8) is 0 Å². The third kappa shape index (κ3) is 3.08. The monoisotopic (exact) mass is 299 g/mol. The fraction of sp³-hybridized carbons (Fsp3) is 0.154. The maximum atomic E-state index is 12.0. The molecular weight excluding hydrogens is 286 g/mol. The Morgan fingerprint density at radius 2 is 2.14 bits per heavy atom. The molecule has 0 aliphatic rings. The predicted molar refractivity (Wildman–Crippen MR) is 79.0 cm³/mol. The Morgan fingerprint density at radius 1 is 1.27 bits per heavy atom. The van der Waals surface area contributed by atoms with Gasteiger partial charge in [0.2, 0.25) is 11.8 Å². The summed E-state index contributed by atoms with van der Waals surface area (Å²) in [6.07, 6.45) is 3.06. The van der Waals surface area contributed by atoms with Gasteiger partial charge in [-0.3, -0.25) is 14.7 Å². The summed E-state index contributed by atoms with van der Waals surface area (Å²) in [7, 11) is 0. The lowest BCUT2D eigenvalue weighted by Gasteiger charge is -2.04. The molecule has 0 aliphatic carbocycles. The fourth-order valence-electron chi connectivity index (χ4n) is 1.96. The Balaban J connectivity index is 1.64. The van der Waals surface area contributed by atoms with Gasteiger partial charge in [0.1, 0.15) is 6.54 Å². The van der Waals surface area contributed by atoms with Crippen molar-refractivity contribution in [2.45, 2.75) is 13.5 Å². The first-order valence-corrected chi connectivity index (χ1v) is 6.51. The molecule has 0 saturated heterocycles. The van der Waals surface area contributed by atoms with Crippen LogP contribution < -0.4 is 10.6 Å². The Morgan fingerprint density at radius 3 is 2.95 bits per heavy atom. The van der Waals surface area contributed by atoms with E-state index in [1.54, 1.807) is 12.3 Å². The first-order valence-electron chi connectivity index (χ1n) is 6.51. The van der Waals surface area contributed by atoms with Crippen LogP contribution in [0.4, 0.5) is 11.5 Å². The molecular formula is C13H13N7O2. The van der Waals surface area contributed by atoms with Crippen LogP contribution in [0.1, 0.15) is 6.92 Å². The van der Waals surface area contributed by atoms with Gasteiger partial charge in [0.05, 0.1) is 17.9 Å². The summed E-state index contributed by atoms with van der Waals surface area (Å²) in [5.41, 5.74) is 1.56. The van der Waals surface area contributed by atoms with Gasteiger partial charge >= 0.3 is 0 Å². The summed E-state index contributed by atoms with van der Waals surface area (Å²) < 4.78 is 0. The third-order valence-corrected chi connectivity index (χ3v) is 2.85. The molecule has 3 rings (SSSR count). The van der Waals surface area contributed by atoms with Gasteiger partial charge in [0, 0.05) is 18.0 Å². The number of aromatic nitrogens is 5. The summed E-state index contributed by atoms with van der Waals surface area (Å²) in [5.74, 6) is -0.210. The van der Waals surface area contributed by atoms with Crippen LogP contribution in [-0.2, 0) is 16.1 Å². The van der Waals surface area contributed by atoms with Gasteiger partial charge in [0.15, 0.2) is 5.82 Å². The van der Waals surface area contributed by atoms with Gasteiger partial charge in [-0.15, -0.1) is 5.10 Å². The average Bonchev–Trinajstić information content (AvgIpc) is 3.06. The topological polar surface area (TPSA) is 118 Å². The number of fused-ring (bicyclic) bond motifs is 1. The summed E-state index contributed by atoms with van der Waals surface area (Å²) in [4.78, 5) is 24.1. The predicted octanol–water partition coefficient (Wildman–Crippen LogP) is 0.751. The van der Waals surface area contributed by atoms with Gasteiger partial charge in [-0.1, -0.05) is 0 Å². The van der Waals surface area contributed by atoms with Gasteiger partial charge in [-0.25, -0.2) is 0 Å². The molecule has 9 heteroatoms. The number of rotatable bonds is 4. The highest BCUT2D eigenvalue weighted by Gasteiger charge is 2.08. The van der Waals surface area contributed by atoms with E-state index in [1.165, 1.54) is 17.9 Å². The lowest BCUT2D eigenvalue weighted by molar-refractivity contribution is -0.117. The van der Waals surface area contributed by atoms with E-state index in [4.69, 9.17) is 0 Å². The summed E-state index contributed by atoms with van der Waals surface area (Å²) in [6, 6.07) is 5.42. The number of carbonyl (C=O) groups is 2. The minimum absolute atomic E-state index is 0.0526. The Hall–Kier alpha value is -3.23. The lowest BCUT2D eigenvalue weighted by Crippen LogP contribution is -2.20. The zero-order chi connectivity index (χ0) is 15.5. The number of hydrogen-bond donors (Lipinski definition) is 3. The number of anilines is 2. The van der Waals surface area contributed by atoms with E-state index >= 15 is 0 Å². The molecule has 0 fully saturated rings. The Kier molecular flexibility index (Phi) is 3.52. The molecule has 0 atom stereocenters. The van der Waals surface area contributed by atoms with Crippen molar-refractivity contribution in [1.29, 1.82) is 0 Å². The van der Waals surface area contributed by atoms with Crippen LogP contribution in [0.3, 0.4) is 0 Å². The number of carbonyl (C=O) groups excluding carboxylic acids is 2. The standard InChI is InChI=1S/C13H13N7O2/c1-8(21)16-12-6-15-20(19-12)7-13(22)17-10-2-3-11-9(4-10)5-14-18-11/h2-6H,7H2,1H3,(H,14,18)(H,17,22)(H,16,19,21). The quantitative estimate of drug-likeness (QED) is 0.657. The maximum Gasteiger partial charge on any atom is 0.247 e. The molecule has 0 unspecified atom stereocenters. The van der Waals surface area contributed by atoms with E-state index in [0.717, 1.165) is 10.9 Å². The van der Waals surface area contributed by atoms with Crippen LogP contribution in [0.25, 0.3) is 10.9 Å². The van der Waals surface area contributed by atoms with Crippen molar-refractivity contribution < 1.29 is 9.59 Å². The average molecular weight is 299 g/mol. The van der Waals surface area contributed by atoms with E-state index in [-0.39, 0.29) is 18.4 Å². The van der Waals surface area contributed by atoms with E-state index in [9.17, 15) is 9.59 Å². The molecule has 0 aliphatic heterocycles. The highest BCUT2D eigenvalue weighted by molar-refractivity contribution is 5.93. The van der Waals surface area contributed by atoms with Crippen molar-refractivity contribution in [2.75, 3.05) is 10.6 Å². The van der Waals surface area contributed by atoms with Crippen LogP contribution in [-0.4, -0.2) is 37.0 Å². The van der Waals surface area contributed by atoms with Crippen molar-refractivity contribution in [1.82, 2.24) is 25.2 Å². The van der Waals surface area contributed by atoms with Gasteiger partial charge in [-0.05, 0) is 18.2 Å². The first kappa shape index (κ1) is 13.7. The molecule has 0 saturated carbocycles. The second-order valence-corrected chi connectivity index (χ2v) is 4.66. The molecule has 0 bridgehead atoms. The Bertz CT molecular complexity index is 836. The second kappa shape index (κ2) is 5.64. The molecule has 0 radical (unpaired) electrons. The summed E-state index contributed by atoms with van der Waals surface area (Å²) in [5, 5.41) is 20.8. The number of nitrogens with zero attached hydrogens (tertiary/aromatic N) is 4. The second-order valence-electron chi connectivity index (χ2n) is 4.66. The zero-order valence-corrected chi connectivity index (χ0v) is 11.7. The molecule has 9 nitrogen and oxygen atoms in total. The largest absolute Gasteiger partial charge is 0.324 e. The minimum atomic E-state index is -0.271. The van der Waals surface area contributed by atoms with Crippen LogP contribution in [0.5, 0.6) is 0 Å². The number of nitrogens with one attached hydrogen (secondary N) is 3. The molecule has 3 N–H and O–H groups in total. The highest BCUT2D eigenvalue weighted by Crippen LogP contribution is 2.16. The zero-order valence-electron chi connectivity index (χ0n) is 11.7. The van der Waals surface area contributed by atoms with E-state index in [0.29, 0.717) is 11.5 Å². The SMILES string of the molecule is CC(=O)Nc1cnn(CC(=O)Nc2ccc3[nH]ncc3c2)n1. The van der Waals surface area contributed by atoms with E-state index < -0.39 is 0 Å². The third-order valence-electron chi connectivity index (χ3n) is 2.85. The van der Waals surface area contributed by atoms with E-state index in [1.807, 2.05) is 12.1 Å². The van der Waals surface area contributed by atoms with Crippen molar-refractivity contribution in [2.24, 2.45) is 0 Å².